The average molecular weight is 234 g/mol. The first-order valence-electron chi connectivity index (χ1n) is 4.28. The Bertz CT molecular complexity index is 379. The summed E-state index contributed by atoms with van der Waals surface area (Å²) in [5.74, 6) is -0.885. The van der Waals surface area contributed by atoms with E-state index in [2.05, 4.69) is 4.98 Å². The highest BCUT2D eigenvalue weighted by Gasteiger charge is 2.28. The third-order valence-corrected chi connectivity index (χ3v) is 1.66. The number of aromatic nitrogens is 1. The number of ether oxygens (including phenoxy) is 1. The van der Waals surface area contributed by atoms with Crippen molar-refractivity contribution in [1.82, 2.24) is 10.3 Å². The molecule has 0 aliphatic carbocycles. The molecule has 1 aromatic rings. The molecule has 0 atom stereocenters. The van der Waals surface area contributed by atoms with Crippen molar-refractivity contribution in [3.8, 4) is 5.88 Å². The van der Waals surface area contributed by atoms with E-state index in [0.717, 1.165) is 0 Å². The van der Waals surface area contributed by atoms with E-state index in [1.165, 1.54) is 25.4 Å². The minimum Gasteiger partial charge on any atom is -0.480 e. The van der Waals surface area contributed by atoms with Gasteiger partial charge in [0.05, 0.1) is 7.11 Å². The molecule has 0 aliphatic rings. The molecule has 88 valence electrons. The molecule has 0 saturated heterocycles. The molecule has 0 aromatic carbocycles. The molecule has 1 rings (SSSR count). The van der Waals surface area contributed by atoms with Gasteiger partial charge in [-0.1, -0.05) is 0 Å². The summed E-state index contributed by atoms with van der Waals surface area (Å²) in [6.07, 6.45) is -3.07. The number of amides is 1. The Labute approximate surface area is 89.4 Å². The van der Waals surface area contributed by atoms with E-state index in [0.29, 0.717) is 0 Å². The highest BCUT2D eigenvalue weighted by molar-refractivity contribution is 5.96. The summed E-state index contributed by atoms with van der Waals surface area (Å²) in [5, 5.41) is 1.73. The molecule has 7 heteroatoms. The van der Waals surface area contributed by atoms with Gasteiger partial charge in [-0.15, -0.1) is 0 Å². The van der Waals surface area contributed by atoms with Crippen molar-refractivity contribution in [1.29, 1.82) is 0 Å². The molecule has 0 radical (unpaired) electrons. The Kier molecular flexibility index (Phi) is 3.70. The molecule has 1 heterocycles. The lowest BCUT2D eigenvalue weighted by molar-refractivity contribution is -0.123. The van der Waals surface area contributed by atoms with E-state index in [4.69, 9.17) is 4.74 Å². The van der Waals surface area contributed by atoms with Gasteiger partial charge in [0.2, 0.25) is 5.88 Å². The maximum absolute atomic E-state index is 11.9. The first kappa shape index (κ1) is 12.3. The normalized spacial score (nSPS) is 11.0. The molecule has 0 spiro atoms. The summed E-state index contributed by atoms with van der Waals surface area (Å²) in [6, 6.07) is 2.77. The Balaban J connectivity index is 2.73. The van der Waals surface area contributed by atoms with Crippen LogP contribution in [-0.4, -0.2) is 30.7 Å². The van der Waals surface area contributed by atoms with Crippen molar-refractivity contribution in [2.75, 3.05) is 13.7 Å². The monoisotopic (exact) mass is 234 g/mol. The van der Waals surface area contributed by atoms with Crippen molar-refractivity contribution < 1.29 is 22.7 Å². The van der Waals surface area contributed by atoms with E-state index >= 15 is 0 Å². The van der Waals surface area contributed by atoms with Crippen molar-refractivity contribution in [3.05, 3.63) is 23.9 Å². The summed E-state index contributed by atoms with van der Waals surface area (Å²) in [6.45, 7) is -1.39. The molecule has 0 bridgehead atoms. The van der Waals surface area contributed by atoms with E-state index in [1.54, 1.807) is 5.32 Å². The van der Waals surface area contributed by atoms with Crippen LogP contribution >= 0.6 is 0 Å². The van der Waals surface area contributed by atoms with Gasteiger partial charge in [0.25, 0.3) is 5.91 Å². The number of halogens is 3. The van der Waals surface area contributed by atoms with Gasteiger partial charge in [-0.2, -0.15) is 13.2 Å². The fourth-order valence-electron chi connectivity index (χ4n) is 1.00. The lowest BCUT2D eigenvalue weighted by Crippen LogP contribution is -2.33. The van der Waals surface area contributed by atoms with Gasteiger partial charge in [0.1, 0.15) is 12.1 Å². The van der Waals surface area contributed by atoms with Crippen molar-refractivity contribution in [3.63, 3.8) is 0 Å². The van der Waals surface area contributed by atoms with Crippen LogP contribution in [0.3, 0.4) is 0 Å². The molecule has 0 fully saturated rings. The third kappa shape index (κ3) is 3.41. The fraction of sp³-hybridized carbons (Fsp3) is 0.333. The topological polar surface area (TPSA) is 51.2 Å². The van der Waals surface area contributed by atoms with Crippen LogP contribution in [0.4, 0.5) is 13.2 Å². The molecule has 0 unspecified atom stereocenters. The summed E-state index contributed by atoms with van der Waals surface area (Å²) < 4.78 is 40.3. The number of methoxy groups -OCH3 is 1. The van der Waals surface area contributed by atoms with E-state index in [-0.39, 0.29) is 11.4 Å². The quantitative estimate of drug-likeness (QED) is 0.859. The van der Waals surface area contributed by atoms with Gasteiger partial charge in [0, 0.05) is 6.20 Å². The number of nitrogens with zero attached hydrogens (tertiary/aromatic N) is 1. The van der Waals surface area contributed by atoms with Crippen LogP contribution in [0.25, 0.3) is 0 Å². The number of carbonyl (C=O) groups excluding carboxylic acids is 1. The van der Waals surface area contributed by atoms with Crippen molar-refractivity contribution in [2.24, 2.45) is 0 Å². The Morgan fingerprint density at radius 2 is 2.25 bits per heavy atom. The second kappa shape index (κ2) is 4.82. The molecular formula is C9H9F3N2O2. The molecule has 1 N–H and O–H groups in total. The first-order valence-corrected chi connectivity index (χ1v) is 4.28. The highest BCUT2D eigenvalue weighted by atomic mass is 19.4. The number of hydrogen-bond acceptors (Lipinski definition) is 3. The van der Waals surface area contributed by atoms with Crippen LogP contribution in [-0.2, 0) is 0 Å². The third-order valence-electron chi connectivity index (χ3n) is 1.66. The molecule has 16 heavy (non-hydrogen) atoms. The van der Waals surface area contributed by atoms with Crippen LogP contribution in [0.15, 0.2) is 18.3 Å². The first-order chi connectivity index (χ1) is 7.44. The summed E-state index contributed by atoms with van der Waals surface area (Å²) in [5.41, 5.74) is -0.0331. The summed E-state index contributed by atoms with van der Waals surface area (Å²) in [7, 11) is 1.28. The lowest BCUT2D eigenvalue weighted by Gasteiger charge is -2.09. The highest BCUT2D eigenvalue weighted by Crippen LogP contribution is 2.15. The number of nitrogens with one attached hydrogen (secondary N) is 1. The maximum atomic E-state index is 11.9. The second-order valence-electron chi connectivity index (χ2n) is 2.86. The largest absolute Gasteiger partial charge is 0.480 e. The van der Waals surface area contributed by atoms with Gasteiger partial charge in [-0.05, 0) is 12.1 Å². The number of rotatable bonds is 3. The van der Waals surface area contributed by atoms with E-state index < -0.39 is 18.6 Å². The Hall–Kier alpha value is -1.79. The van der Waals surface area contributed by atoms with E-state index in [1.807, 2.05) is 0 Å². The smallest absolute Gasteiger partial charge is 0.405 e. The van der Waals surface area contributed by atoms with Gasteiger partial charge < -0.3 is 10.1 Å². The molecule has 4 nitrogen and oxygen atoms in total. The Morgan fingerprint density at radius 3 is 2.81 bits per heavy atom. The van der Waals surface area contributed by atoms with Gasteiger partial charge >= 0.3 is 6.18 Å². The van der Waals surface area contributed by atoms with Crippen LogP contribution in [0.1, 0.15) is 10.4 Å². The number of pyridine rings is 1. The van der Waals surface area contributed by atoms with Crippen molar-refractivity contribution in [2.45, 2.75) is 6.18 Å². The second-order valence-corrected chi connectivity index (χ2v) is 2.86. The zero-order valence-electron chi connectivity index (χ0n) is 8.34. The number of alkyl halides is 3. The van der Waals surface area contributed by atoms with Crippen molar-refractivity contribution >= 4 is 5.91 Å². The van der Waals surface area contributed by atoms with Crippen LogP contribution in [0, 0.1) is 0 Å². The minimum atomic E-state index is -4.44. The van der Waals surface area contributed by atoms with E-state index in [9.17, 15) is 18.0 Å². The van der Waals surface area contributed by atoms with Gasteiger partial charge in [-0.25, -0.2) is 4.98 Å². The predicted octanol–water partition coefficient (Wildman–Crippen LogP) is 1.38. The number of carbonyl (C=O) groups is 1. The zero-order chi connectivity index (χ0) is 12.2. The SMILES string of the molecule is COc1ncccc1C(=O)NCC(F)(F)F. The fourth-order valence-corrected chi connectivity index (χ4v) is 1.00. The number of hydrogen-bond donors (Lipinski definition) is 1. The van der Waals surface area contributed by atoms with Crippen LogP contribution < -0.4 is 10.1 Å². The molecular weight excluding hydrogens is 225 g/mol. The molecule has 0 aliphatic heterocycles. The lowest BCUT2D eigenvalue weighted by atomic mass is 10.2. The van der Waals surface area contributed by atoms with Crippen LogP contribution in [0.2, 0.25) is 0 Å². The zero-order valence-corrected chi connectivity index (χ0v) is 8.34. The molecule has 1 amide bonds. The molecule has 1 aromatic heterocycles. The Morgan fingerprint density at radius 1 is 1.56 bits per heavy atom. The maximum Gasteiger partial charge on any atom is 0.405 e. The summed E-state index contributed by atoms with van der Waals surface area (Å²) >= 11 is 0. The van der Waals surface area contributed by atoms with Crippen LogP contribution in [0.5, 0.6) is 5.88 Å². The average Bonchev–Trinajstić information content (AvgIpc) is 2.25. The van der Waals surface area contributed by atoms with Gasteiger partial charge in [-0.3, -0.25) is 4.79 Å². The minimum absolute atomic E-state index is 0.0119. The summed E-state index contributed by atoms with van der Waals surface area (Å²) in [4.78, 5) is 15.0. The predicted molar refractivity (Wildman–Crippen MR) is 49.2 cm³/mol. The van der Waals surface area contributed by atoms with Gasteiger partial charge in [0.15, 0.2) is 0 Å². The standard InChI is InChI=1S/C9H9F3N2O2/c1-16-8-6(3-2-4-13-8)7(15)14-5-9(10,11)12/h2-4H,5H2,1H3,(H,14,15). The molecule has 0 saturated carbocycles.